The van der Waals surface area contributed by atoms with Crippen LogP contribution in [0.2, 0.25) is 0 Å². The Morgan fingerprint density at radius 1 is 0.958 bits per heavy atom. The number of hydrogen-bond donors (Lipinski definition) is 3. The molecular weight excluding hydrogens is 606 g/mol. The van der Waals surface area contributed by atoms with E-state index in [2.05, 4.69) is 82.2 Å². The number of benzene rings is 2. The average molecular weight is 662 g/mol. The van der Waals surface area contributed by atoms with Crippen molar-refractivity contribution in [1.82, 2.24) is 20.2 Å². The maximum atomic E-state index is 9.35. The van der Waals surface area contributed by atoms with Crippen molar-refractivity contribution in [3.8, 4) is 5.75 Å². The molecule has 0 spiro atoms. The Labute approximate surface area is 286 Å². The van der Waals surface area contributed by atoms with Gasteiger partial charge in [-0.2, -0.15) is 5.10 Å². The van der Waals surface area contributed by atoms with E-state index < -0.39 is 6.29 Å². The maximum absolute atomic E-state index is 9.35. The molecule has 1 aliphatic rings. The fourth-order valence-corrected chi connectivity index (χ4v) is 5.44. The molecule has 0 radical (unpaired) electrons. The number of anilines is 1. The number of aliphatic hydroxyl groups is 2. The first-order chi connectivity index (χ1) is 22.8. The molecule has 11 nitrogen and oxygen atoms in total. The van der Waals surface area contributed by atoms with E-state index >= 15 is 0 Å². The van der Waals surface area contributed by atoms with Crippen LogP contribution in [-0.2, 0) is 15.6 Å². The highest BCUT2D eigenvalue weighted by molar-refractivity contribution is 6.48. The number of aliphatic imine (C=N–C) groups is 1. The van der Waals surface area contributed by atoms with Crippen LogP contribution < -0.4 is 15.0 Å². The summed E-state index contributed by atoms with van der Waals surface area (Å²) in [7, 11) is 0. The van der Waals surface area contributed by atoms with Gasteiger partial charge in [-0.3, -0.25) is 5.32 Å². The molecule has 2 heterocycles. The van der Waals surface area contributed by atoms with Gasteiger partial charge in [0.1, 0.15) is 18.2 Å². The quantitative estimate of drug-likeness (QED) is 0.114. The van der Waals surface area contributed by atoms with E-state index in [0.717, 1.165) is 35.7 Å². The van der Waals surface area contributed by atoms with Gasteiger partial charge in [-0.25, -0.2) is 9.98 Å². The lowest BCUT2D eigenvalue weighted by atomic mass is 9.76. The summed E-state index contributed by atoms with van der Waals surface area (Å²) in [6.45, 7) is 21.3. The van der Waals surface area contributed by atoms with Gasteiger partial charge in [-0.15, -0.1) is 9.89 Å². The van der Waals surface area contributed by atoms with Crippen molar-refractivity contribution in [2.45, 2.75) is 98.2 Å². The van der Waals surface area contributed by atoms with Crippen molar-refractivity contribution in [2.24, 2.45) is 10.1 Å². The predicted molar refractivity (Wildman–Crippen MR) is 193 cm³/mol. The first-order valence-electron chi connectivity index (χ1n) is 17.2. The van der Waals surface area contributed by atoms with E-state index in [-0.39, 0.29) is 30.0 Å². The van der Waals surface area contributed by atoms with Crippen LogP contribution in [0.5, 0.6) is 5.75 Å². The minimum atomic E-state index is -0.434. The van der Waals surface area contributed by atoms with E-state index in [1.807, 2.05) is 43.0 Å². The minimum Gasteiger partial charge on any atom is -0.465 e. The van der Waals surface area contributed by atoms with Crippen LogP contribution in [0, 0.1) is 0 Å². The van der Waals surface area contributed by atoms with E-state index in [0.29, 0.717) is 43.7 Å². The fraction of sp³-hybridized carbons (Fsp3) is 0.568. The molecule has 11 heteroatoms. The zero-order chi connectivity index (χ0) is 35.1. The van der Waals surface area contributed by atoms with Crippen LogP contribution in [0.15, 0.2) is 52.6 Å². The Morgan fingerprint density at radius 3 is 2.25 bits per heavy atom. The molecule has 2 aromatic carbocycles. The number of hydrogen-bond acceptors (Lipinski definition) is 10. The van der Waals surface area contributed by atoms with Crippen LogP contribution in [0.1, 0.15) is 104 Å². The summed E-state index contributed by atoms with van der Waals surface area (Å²) < 4.78 is 12.4. The molecule has 2 atom stereocenters. The molecule has 1 aliphatic heterocycles. The molecule has 48 heavy (non-hydrogen) atoms. The van der Waals surface area contributed by atoms with Crippen LogP contribution in [-0.4, -0.2) is 82.4 Å². The first-order valence-corrected chi connectivity index (χ1v) is 17.2. The van der Waals surface area contributed by atoms with Gasteiger partial charge < -0.3 is 24.6 Å². The Kier molecular flexibility index (Phi) is 12.5. The molecule has 1 aromatic heterocycles. The SMILES string of the molecule is CCC(C)(C)c1ccc(OC(C)OCNCC(C)c2nc3n(n2)N=C(C)C3=Nc2ccc(N(CCO)CCO)cc2)c(C(C)(C)CC)c1. The van der Waals surface area contributed by atoms with E-state index in [1.54, 1.807) is 4.79 Å². The highest BCUT2D eigenvalue weighted by atomic mass is 16.7. The summed E-state index contributed by atoms with van der Waals surface area (Å²) in [6, 6.07) is 14.3. The molecule has 3 N–H and O–H groups in total. The lowest BCUT2D eigenvalue weighted by molar-refractivity contribution is -0.0742. The molecule has 3 aromatic rings. The molecule has 0 aliphatic carbocycles. The van der Waals surface area contributed by atoms with Crippen LogP contribution in [0.3, 0.4) is 0 Å². The summed E-state index contributed by atoms with van der Waals surface area (Å²) in [5.41, 5.74) is 5.69. The standard InChI is InChI=1S/C37H55N7O4/c1-10-36(6,7)28-12-17-32(31(22-28)37(8,9)11-2)48-27(5)47-24-38-23-25(3)34-40-35-33(26(4)41-44(35)42-34)39-29-13-15-30(16-14-29)43(18-20-45)19-21-46/h12-17,22,25,27,38,45-46H,10-11,18-21,23-24H2,1-9H3. The third-order valence-corrected chi connectivity index (χ3v) is 9.46. The summed E-state index contributed by atoms with van der Waals surface area (Å²) in [5.74, 6) is 2.16. The second-order valence-corrected chi connectivity index (χ2v) is 13.8. The Bertz CT molecular complexity index is 1560. The number of nitrogens with zero attached hydrogens (tertiary/aromatic N) is 6. The molecule has 0 fully saturated rings. The van der Waals surface area contributed by atoms with Crippen LogP contribution in [0.4, 0.5) is 11.4 Å². The molecule has 0 bridgehead atoms. The first kappa shape index (κ1) is 37.2. The normalized spacial score (nSPS) is 15.4. The molecule has 0 saturated carbocycles. The van der Waals surface area contributed by atoms with Crippen molar-refractivity contribution in [3.63, 3.8) is 0 Å². The van der Waals surface area contributed by atoms with Crippen molar-refractivity contribution < 1.29 is 19.7 Å². The Morgan fingerprint density at radius 2 is 1.62 bits per heavy atom. The largest absolute Gasteiger partial charge is 0.465 e. The average Bonchev–Trinajstić information content (AvgIpc) is 3.61. The number of aliphatic hydroxyl groups excluding tert-OH is 2. The van der Waals surface area contributed by atoms with E-state index in [1.165, 1.54) is 11.1 Å². The van der Waals surface area contributed by atoms with Gasteiger partial charge in [-0.05, 0) is 73.4 Å². The third-order valence-electron chi connectivity index (χ3n) is 9.46. The topological polar surface area (TPSA) is 130 Å². The number of aromatic nitrogens is 3. The van der Waals surface area contributed by atoms with Crippen molar-refractivity contribution >= 4 is 22.8 Å². The molecule has 4 rings (SSSR count). The third kappa shape index (κ3) is 8.87. The van der Waals surface area contributed by atoms with E-state index in [4.69, 9.17) is 19.5 Å². The van der Waals surface area contributed by atoms with E-state index in [9.17, 15) is 10.2 Å². The van der Waals surface area contributed by atoms with Gasteiger partial charge in [0, 0.05) is 36.8 Å². The van der Waals surface area contributed by atoms with Crippen molar-refractivity contribution in [2.75, 3.05) is 44.5 Å². The van der Waals surface area contributed by atoms with Gasteiger partial charge in [0.2, 0.25) is 5.82 Å². The van der Waals surface area contributed by atoms with Gasteiger partial charge in [0.05, 0.1) is 24.6 Å². The Hall–Kier alpha value is -3.64. The van der Waals surface area contributed by atoms with Crippen LogP contribution >= 0.6 is 0 Å². The minimum absolute atomic E-state index is 0.00872. The number of ether oxygens (including phenoxy) is 2. The van der Waals surface area contributed by atoms with Gasteiger partial charge in [0.25, 0.3) is 0 Å². The summed E-state index contributed by atoms with van der Waals surface area (Å²) >= 11 is 0. The molecule has 0 amide bonds. The van der Waals surface area contributed by atoms with Gasteiger partial charge in [0.15, 0.2) is 12.1 Å². The summed E-state index contributed by atoms with van der Waals surface area (Å²) in [6.07, 6.45) is 1.63. The monoisotopic (exact) mass is 661 g/mol. The van der Waals surface area contributed by atoms with Crippen molar-refractivity contribution in [3.05, 3.63) is 65.2 Å². The summed E-state index contributed by atoms with van der Waals surface area (Å²) in [5, 5.41) is 31.2. The lowest BCUT2D eigenvalue weighted by Gasteiger charge is -2.31. The molecule has 0 saturated heterocycles. The van der Waals surface area contributed by atoms with Gasteiger partial charge >= 0.3 is 0 Å². The van der Waals surface area contributed by atoms with Gasteiger partial charge in [-0.1, -0.05) is 60.6 Å². The second kappa shape index (κ2) is 16.2. The Balaban J connectivity index is 1.34. The second-order valence-electron chi connectivity index (χ2n) is 13.8. The maximum Gasteiger partial charge on any atom is 0.204 e. The number of rotatable bonds is 18. The predicted octanol–water partition coefficient (Wildman–Crippen LogP) is 5.89. The zero-order valence-corrected chi connectivity index (χ0v) is 30.2. The number of nitrogens with one attached hydrogen (secondary N) is 1. The highest BCUT2D eigenvalue weighted by Gasteiger charge is 2.28. The van der Waals surface area contributed by atoms with Crippen molar-refractivity contribution in [1.29, 1.82) is 0 Å². The molecule has 262 valence electrons. The molecular formula is C37H55N7O4. The highest BCUT2D eigenvalue weighted by Crippen LogP contribution is 2.39. The van der Waals surface area contributed by atoms with Crippen LogP contribution in [0.25, 0.3) is 0 Å². The number of fused-ring (bicyclic) bond motifs is 1. The zero-order valence-electron chi connectivity index (χ0n) is 30.2. The fourth-order valence-electron chi connectivity index (χ4n) is 5.44. The lowest BCUT2D eigenvalue weighted by Crippen LogP contribution is -2.29. The smallest absolute Gasteiger partial charge is 0.204 e. The summed E-state index contributed by atoms with van der Waals surface area (Å²) in [4.78, 5) is 13.1. The molecule has 2 unspecified atom stereocenters.